The molecule has 0 aliphatic heterocycles. The van der Waals surface area contributed by atoms with Gasteiger partial charge in [0, 0.05) is 12.6 Å². The van der Waals surface area contributed by atoms with Crippen molar-refractivity contribution in [2.24, 2.45) is 5.92 Å². The van der Waals surface area contributed by atoms with E-state index in [2.05, 4.69) is 41.6 Å². The van der Waals surface area contributed by atoms with Crippen LogP contribution >= 0.6 is 15.9 Å². The second-order valence-corrected chi connectivity index (χ2v) is 6.58. The lowest BCUT2D eigenvalue weighted by Crippen LogP contribution is -2.46. The summed E-state index contributed by atoms with van der Waals surface area (Å²) >= 11 is 3.43. The van der Waals surface area contributed by atoms with Gasteiger partial charge < -0.3 is 9.84 Å². The van der Waals surface area contributed by atoms with E-state index < -0.39 is 5.54 Å². The van der Waals surface area contributed by atoms with E-state index in [0.29, 0.717) is 27.8 Å². The first-order valence-electron chi connectivity index (χ1n) is 7.31. The molecule has 22 heavy (non-hydrogen) atoms. The van der Waals surface area contributed by atoms with Gasteiger partial charge in [0.2, 0.25) is 5.89 Å². The molecule has 1 atom stereocenters. The highest BCUT2D eigenvalue weighted by molar-refractivity contribution is 9.10. The van der Waals surface area contributed by atoms with Gasteiger partial charge in [-0.25, -0.2) is 0 Å². The van der Waals surface area contributed by atoms with E-state index in [4.69, 9.17) is 4.52 Å². The Kier molecular flexibility index (Phi) is 3.80. The maximum Gasteiger partial charge on any atom is 0.273 e. The Bertz CT molecular complexity index is 706. The minimum Gasteiger partial charge on any atom is -0.340 e. The lowest BCUT2D eigenvalue weighted by Gasteiger charge is -2.27. The minimum absolute atomic E-state index is 0.250. The highest BCUT2D eigenvalue weighted by atomic mass is 79.9. The molecule has 1 aliphatic rings. The Morgan fingerprint density at radius 1 is 1.55 bits per heavy atom. The first-order chi connectivity index (χ1) is 10.5. The molecular weight excluding hydrogens is 350 g/mol. The third-order valence-electron chi connectivity index (χ3n) is 4.10. The third-order valence-corrected chi connectivity index (χ3v) is 4.96. The van der Waals surface area contributed by atoms with Crippen LogP contribution in [-0.2, 0) is 12.0 Å². The highest BCUT2D eigenvalue weighted by Gasteiger charge is 2.47. The molecule has 0 spiro atoms. The molecule has 7 nitrogen and oxygen atoms in total. The molecule has 0 saturated heterocycles. The van der Waals surface area contributed by atoms with Gasteiger partial charge in [0.1, 0.15) is 5.54 Å². The van der Waals surface area contributed by atoms with Gasteiger partial charge in [-0.1, -0.05) is 12.1 Å². The SMILES string of the molecule is CCc1[nH]nc(C(=O)NC(C)(c2noc(C)n2)C2CC2)c1Br. The van der Waals surface area contributed by atoms with E-state index in [-0.39, 0.29) is 5.91 Å². The van der Waals surface area contributed by atoms with Gasteiger partial charge >= 0.3 is 0 Å². The Morgan fingerprint density at radius 3 is 2.77 bits per heavy atom. The summed E-state index contributed by atoms with van der Waals surface area (Å²) < 4.78 is 5.78. The molecule has 2 N–H and O–H groups in total. The van der Waals surface area contributed by atoms with E-state index in [1.165, 1.54) is 0 Å². The van der Waals surface area contributed by atoms with Crippen LogP contribution < -0.4 is 5.32 Å². The number of carbonyl (C=O) groups excluding carboxylic acids is 1. The monoisotopic (exact) mass is 367 g/mol. The number of rotatable bonds is 5. The largest absolute Gasteiger partial charge is 0.340 e. The molecule has 1 fully saturated rings. The lowest BCUT2D eigenvalue weighted by atomic mass is 9.94. The maximum absolute atomic E-state index is 12.6. The summed E-state index contributed by atoms with van der Waals surface area (Å²) in [5.74, 6) is 1.07. The number of H-pyrrole nitrogens is 1. The molecule has 2 aromatic heterocycles. The van der Waals surface area contributed by atoms with Crippen LogP contribution in [0.5, 0.6) is 0 Å². The van der Waals surface area contributed by atoms with E-state index >= 15 is 0 Å². The number of hydrogen-bond acceptors (Lipinski definition) is 5. The second kappa shape index (κ2) is 5.49. The third kappa shape index (κ3) is 2.55. The zero-order chi connectivity index (χ0) is 15.9. The fourth-order valence-electron chi connectivity index (χ4n) is 2.56. The van der Waals surface area contributed by atoms with Crippen molar-refractivity contribution < 1.29 is 9.32 Å². The highest BCUT2D eigenvalue weighted by Crippen LogP contribution is 2.44. The summed E-state index contributed by atoms with van der Waals surface area (Å²) in [4.78, 5) is 16.9. The van der Waals surface area contributed by atoms with Crippen molar-refractivity contribution in [2.75, 3.05) is 0 Å². The number of aryl methyl sites for hydroxylation is 2. The predicted octanol–water partition coefficient (Wildman–Crippen LogP) is 2.48. The van der Waals surface area contributed by atoms with E-state index in [9.17, 15) is 4.79 Å². The van der Waals surface area contributed by atoms with Crippen LogP contribution in [0.4, 0.5) is 0 Å². The number of aromatic amines is 1. The number of carbonyl (C=O) groups is 1. The first-order valence-corrected chi connectivity index (χ1v) is 8.11. The van der Waals surface area contributed by atoms with Crippen molar-refractivity contribution in [3.05, 3.63) is 27.6 Å². The lowest BCUT2D eigenvalue weighted by molar-refractivity contribution is 0.0879. The van der Waals surface area contributed by atoms with Crippen molar-refractivity contribution >= 4 is 21.8 Å². The fraction of sp³-hybridized carbons (Fsp3) is 0.571. The molecule has 1 saturated carbocycles. The van der Waals surface area contributed by atoms with Crippen LogP contribution in [0.25, 0.3) is 0 Å². The van der Waals surface area contributed by atoms with Crippen LogP contribution in [0.2, 0.25) is 0 Å². The minimum atomic E-state index is -0.639. The fourth-order valence-corrected chi connectivity index (χ4v) is 3.19. The van der Waals surface area contributed by atoms with Crippen LogP contribution in [0.3, 0.4) is 0 Å². The average Bonchev–Trinajstić information content (AvgIpc) is 3.15. The number of hydrogen-bond donors (Lipinski definition) is 2. The van der Waals surface area contributed by atoms with Gasteiger partial charge in [0.15, 0.2) is 11.5 Å². The first kappa shape index (κ1) is 15.2. The normalized spacial score (nSPS) is 17.3. The smallest absolute Gasteiger partial charge is 0.273 e. The Labute approximate surface area is 136 Å². The van der Waals surface area contributed by atoms with Gasteiger partial charge in [0.05, 0.1) is 4.47 Å². The van der Waals surface area contributed by atoms with Crippen LogP contribution in [0.15, 0.2) is 9.00 Å². The molecule has 2 heterocycles. The van der Waals surface area contributed by atoms with E-state index in [0.717, 1.165) is 25.0 Å². The Balaban J connectivity index is 1.88. The molecule has 0 radical (unpaired) electrons. The van der Waals surface area contributed by atoms with Crippen LogP contribution in [0, 0.1) is 12.8 Å². The van der Waals surface area contributed by atoms with E-state index in [1.807, 2.05) is 13.8 Å². The second-order valence-electron chi connectivity index (χ2n) is 5.79. The topological polar surface area (TPSA) is 96.7 Å². The standard InChI is InChI=1S/C14H18BrN5O2/c1-4-9-10(15)11(19-18-9)12(21)17-14(3,8-5-6-8)13-16-7(2)22-20-13/h8H,4-6H2,1-3H3,(H,17,21)(H,18,19). The molecule has 1 unspecified atom stereocenters. The summed E-state index contributed by atoms with van der Waals surface area (Å²) in [6.45, 7) is 5.67. The van der Waals surface area contributed by atoms with E-state index in [1.54, 1.807) is 6.92 Å². The van der Waals surface area contributed by atoms with Crippen molar-refractivity contribution in [2.45, 2.75) is 45.6 Å². The van der Waals surface area contributed by atoms with Gasteiger partial charge in [-0.15, -0.1) is 0 Å². The predicted molar refractivity (Wildman–Crippen MR) is 82.2 cm³/mol. The quantitative estimate of drug-likeness (QED) is 0.845. The number of nitrogens with zero attached hydrogens (tertiary/aromatic N) is 3. The summed E-state index contributed by atoms with van der Waals surface area (Å²) in [5, 5.41) is 14.0. The van der Waals surface area contributed by atoms with Gasteiger partial charge in [0.25, 0.3) is 5.91 Å². The number of halogens is 1. The van der Waals surface area contributed by atoms with Crippen LogP contribution in [-0.4, -0.2) is 26.2 Å². The molecule has 2 aromatic rings. The Hall–Kier alpha value is -1.70. The number of nitrogens with one attached hydrogen (secondary N) is 2. The van der Waals surface area contributed by atoms with Crippen molar-refractivity contribution in [3.8, 4) is 0 Å². The van der Waals surface area contributed by atoms with Crippen LogP contribution in [0.1, 0.15) is 54.6 Å². The zero-order valence-corrected chi connectivity index (χ0v) is 14.3. The maximum atomic E-state index is 12.6. The molecular formula is C14H18BrN5O2. The number of amides is 1. The van der Waals surface area contributed by atoms with Gasteiger partial charge in [-0.3, -0.25) is 9.89 Å². The molecule has 1 amide bonds. The average molecular weight is 368 g/mol. The van der Waals surface area contributed by atoms with Crippen molar-refractivity contribution in [3.63, 3.8) is 0 Å². The van der Waals surface area contributed by atoms with Crippen molar-refractivity contribution in [1.82, 2.24) is 25.7 Å². The van der Waals surface area contributed by atoms with Gasteiger partial charge in [-0.2, -0.15) is 10.1 Å². The van der Waals surface area contributed by atoms with Gasteiger partial charge in [-0.05, 0) is 48.0 Å². The summed E-state index contributed by atoms with van der Waals surface area (Å²) in [6, 6.07) is 0. The molecule has 0 aromatic carbocycles. The molecule has 8 heteroatoms. The molecule has 118 valence electrons. The Morgan fingerprint density at radius 2 is 2.27 bits per heavy atom. The summed E-state index contributed by atoms with van der Waals surface area (Å²) in [7, 11) is 0. The molecule has 1 aliphatic carbocycles. The summed E-state index contributed by atoms with van der Waals surface area (Å²) in [6.07, 6.45) is 2.84. The molecule has 0 bridgehead atoms. The summed E-state index contributed by atoms with van der Waals surface area (Å²) in [5.41, 5.74) is 0.609. The van der Waals surface area contributed by atoms with Crippen molar-refractivity contribution in [1.29, 1.82) is 0 Å². The zero-order valence-electron chi connectivity index (χ0n) is 12.7. The number of aromatic nitrogens is 4. The molecule has 3 rings (SSSR count).